The van der Waals surface area contributed by atoms with E-state index in [4.69, 9.17) is 16.3 Å². The van der Waals surface area contributed by atoms with Crippen LogP contribution in [-0.4, -0.2) is 50.3 Å². The quantitative estimate of drug-likeness (QED) is 0.521. The van der Waals surface area contributed by atoms with Crippen molar-refractivity contribution in [2.45, 2.75) is 16.2 Å². The number of halogens is 1. The number of sulfone groups is 1. The van der Waals surface area contributed by atoms with Crippen LogP contribution >= 0.6 is 11.6 Å². The van der Waals surface area contributed by atoms with Crippen molar-refractivity contribution in [3.05, 3.63) is 65.8 Å². The van der Waals surface area contributed by atoms with Crippen LogP contribution in [0.2, 0.25) is 5.02 Å². The fourth-order valence-electron chi connectivity index (χ4n) is 2.63. The van der Waals surface area contributed by atoms with E-state index in [-0.39, 0.29) is 15.7 Å². The number of hydrogen-bond donors (Lipinski definition) is 0. The largest absolute Gasteiger partial charge is 0.476 e. The Morgan fingerprint density at radius 3 is 2.39 bits per heavy atom. The van der Waals surface area contributed by atoms with E-state index in [0.717, 1.165) is 18.7 Å². The number of hydrogen-bond acceptors (Lipinski definition) is 5. The summed E-state index contributed by atoms with van der Waals surface area (Å²) in [5, 5.41) is 4.85. The van der Waals surface area contributed by atoms with Crippen molar-refractivity contribution in [1.29, 1.82) is 0 Å². The molecule has 0 spiro atoms. The molecule has 148 valence electrons. The topological polar surface area (TPSA) is 64.4 Å². The smallest absolute Gasteiger partial charge is 0.252 e. The third-order valence-electron chi connectivity index (χ3n) is 4.07. The summed E-state index contributed by atoms with van der Waals surface area (Å²) in [5.74, 6) is 0.0950. The summed E-state index contributed by atoms with van der Waals surface area (Å²) >= 11 is 5.89. The molecule has 0 fully saturated rings. The average molecular weight is 420 g/mol. The Kier molecular flexibility index (Phi) is 6.39. The van der Waals surface area contributed by atoms with Gasteiger partial charge in [-0.15, -0.1) is 5.10 Å². The molecule has 0 saturated heterocycles. The minimum absolute atomic E-state index is 0.0310. The SMILES string of the molecule is CN(C)CCCOc1nn(-c2ccccc2)cc1S(=O)(=O)c1ccc(Cl)cc1. The van der Waals surface area contributed by atoms with Crippen molar-refractivity contribution in [2.24, 2.45) is 0 Å². The summed E-state index contributed by atoms with van der Waals surface area (Å²) in [5.41, 5.74) is 0.748. The second-order valence-electron chi connectivity index (χ2n) is 6.54. The summed E-state index contributed by atoms with van der Waals surface area (Å²) < 4.78 is 33.6. The van der Waals surface area contributed by atoms with Crippen LogP contribution in [0.25, 0.3) is 5.69 Å². The van der Waals surface area contributed by atoms with Crippen molar-refractivity contribution < 1.29 is 13.2 Å². The molecule has 28 heavy (non-hydrogen) atoms. The lowest BCUT2D eigenvalue weighted by Gasteiger charge is -2.10. The van der Waals surface area contributed by atoms with Crippen molar-refractivity contribution in [1.82, 2.24) is 14.7 Å². The molecule has 8 heteroatoms. The molecule has 1 aromatic heterocycles. The Morgan fingerprint density at radius 2 is 1.75 bits per heavy atom. The van der Waals surface area contributed by atoms with Gasteiger partial charge >= 0.3 is 0 Å². The highest BCUT2D eigenvalue weighted by atomic mass is 35.5. The lowest BCUT2D eigenvalue weighted by molar-refractivity contribution is 0.266. The van der Waals surface area contributed by atoms with E-state index < -0.39 is 9.84 Å². The number of para-hydroxylation sites is 1. The van der Waals surface area contributed by atoms with E-state index in [0.29, 0.717) is 11.6 Å². The third-order valence-corrected chi connectivity index (χ3v) is 6.08. The van der Waals surface area contributed by atoms with Crippen molar-refractivity contribution >= 4 is 21.4 Å². The number of ether oxygens (including phenoxy) is 1. The van der Waals surface area contributed by atoms with Crippen LogP contribution in [0.15, 0.2) is 70.6 Å². The maximum atomic E-state index is 13.2. The third kappa shape index (κ3) is 4.73. The lowest BCUT2D eigenvalue weighted by Crippen LogP contribution is -2.16. The molecule has 6 nitrogen and oxygen atoms in total. The second-order valence-corrected chi connectivity index (χ2v) is 8.90. The number of nitrogens with zero attached hydrogens (tertiary/aromatic N) is 3. The fourth-order valence-corrected chi connectivity index (χ4v) is 4.07. The fraction of sp³-hybridized carbons (Fsp3) is 0.250. The van der Waals surface area contributed by atoms with Crippen LogP contribution in [0.3, 0.4) is 0 Å². The zero-order chi connectivity index (χ0) is 20.1. The second kappa shape index (κ2) is 8.77. The molecule has 0 bridgehead atoms. The Morgan fingerprint density at radius 1 is 1.07 bits per heavy atom. The number of benzene rings is 2. The van der Waals surface area contributed by atoms with Crippen LogP contribution in [0.4, 0.5) is 0 Å². The Hall–Kier alpha value is -2.35. The van der Waals surface area contributed by atoms with Gasteiger partial charge in [0, 0.05) is 11.6 Å². The summed E-state index contributed by atoms with van der Waals surface area (Å²) in [6, 6.07) is 15.4. The number of aromatic nitrogens is 2. The van der Waals surface area contributed by atoms with E-state index >= 15 is 0 Å². The molecule has 0 unspecified atom stereocenters. The van der Waals surface area contributed by atoms with Crippen LogP contribution in [-0.2, 0) is 9.84 Å². The normalized spacial score (nSPS) is 11.7. The Bertz CT molecular complexity index is 1020. The molecule has 0 amide bonds. The lowest BCUT2D eigenvalue weighted by atomic mass is 10.3. The summed E-state index contributed by atoms with van der Waals surface area (Å²) in [6.45, 7) is 1.20. The average Bonchev–Trinajstić information content (AvgIpc) is 3.11. The number of rotatable bonds is 8. The Balaban J connectivity index is 1.97. The molecule has 2 aromatic carbocycles. The molecule has 0 radical (unpaired) electrons. The van der Waals surface area contributed by atoms with Crippen LogP contribution in [0.1, 0.15) is 6.42 Å². The highest BCUT2D eigenvalue weighted by Gasteiger charge is 2.26. The van der Waals surface area contributed by atoms with Crippen molar-refractivity contribution in [3.8, 4) is 11.6 Å². The van der Waals surface area contributed by atoms with Crippen LogP contribution < -0.4 is 4.74 Å². The monoisotopic (exact) mass is 419 g/mol. The Labute approximate surface area is 170 Å². The van der Waals surface area contributed by atoms with E-state index in [2.05, 4.69) is 5.10 Å². The van der Waals surface area contributed by atoms with Crippen LogP contribution in [0, 0.1) is 0 Å². The van der Waals surface area contributed by atoms with Gasteiger partial charge < -0.3 is 9.64 Å². The van der Waals surface area contributed by atoms with Gasteiger partial charge in [0.25, 0.3) is 5.88 Å². The van der Waals surface area contributed by atoms with E-state index in [9.17, 15) is 8.42 Å². The minimum Gasteiger partial charge on any atom is -0.476 e. The molecule has 0 saturated carbocycles. The maximum absolute atomic E-state index is 13.2. The van der Waals surface area contributed by atoms with Crippen molar-refractivity contribution in [3.63, 3.8) is 0 Å². The van der Waals surface area contributed by atoms with E-state index in [1.54, 1.807) is 12.1 Å². The van der Waals surface area contributed by atoms with Gasteiger partial charge in [0.05, 0.1) is 23.4 Å². The molecule has 3 aromatic rings. The van der Waals surface area contributed by atoms with E-state index in [1.165, 1.54) is 23.0 Å². The maximum Gasteiger partial charge on any atom is 0.252 e. The zero-order valence-electron chi connectivity index (χ0n) is 15.7. The predicted octanol–water partition coefficient (Wildman–Crippen LogP) is 3.69. The zero-order valence-corrected chi connectivity index (χ0v) is 17.3. The van der Waals surface area contributed by atoms with Crippen LogP contribution in [0.5, 0.6) is 5.88 Å². The molecular formula is C20H22ClN3O3S. The standard InChI is InChI=1S/C20H22ClN3O3S/c1-23(2)13-6-14-27-20-19(15-24(22-20)17-7-4-3-5-8-17)28(25,26)18-11-9-16(21)10-12-18/h3-5,7-12,15H,6,13-14H2,1-2H3. The van der Waals surface area contributed by atoms with Gasteiger partial charge in [0.2, 0.25) is 9.84 Å². The molecular weight excluding hydrogens is 398 g/mol. The first-order valence-corrected chi connectivity index (χ1v) is 10.7. The van der Waals surface area contributed by atoms with Gasteiger partial charge in [0.15, 0.2) is 4.90 Å². The van der Waals surface area contributed by atoms with Gasteiger partial charge in [-0.2, -0.15) is 0 Å². The summed E-state index contributed by atoms with van der Waals surface area (Å²) in [4.78, 5) is 2.21. The highest BCUT2D eigenvalue weighted by Crippen LogP contribution is 2.30. The van der Waals surface area contributed by atoms with Gasteiger partial charge in [-0.1, -0.05) is 29.8 Å². The molecule has 0 N–H and O–H groups in total. The molecule has 0 aliphatic rings. The highest BCUT2D eigenvalue weighted by molar-refractivity contribution is 7.91. The first kappa shape index (κ1) is 20.4. The first-order valence-electron chi connectivity index (χ1n) is 8.81. The first-order chi connectivity index (χ1) is 13.4. The van der Waals surface area contributed by atoms with Gasteiger partial charge in [0.1, 0.15) is 0 Å². The summed E-state index contributed by atoms with van der Waals surface area (Å²) in [7, 11) is 0.141. The van der Waals surface area contributed by atoms with Gasteiger partial charge in [-0.25, -0.2) is 13.1 Å². The van der Waals surface area contributed by atoms with E-state index in [1.807, 2.05) is 49.3 Å². The summed E-state index contributed by atoms with van der Waals surface area (Å²) in [6.07, 6.45) is 2.24. The van der Waals surface area contributed by atoms with Crippen molar-refractivity contribution in [2.75, 3.05) is 27.2 Å². The minimum atomic E-state index is -3.80. The van der Waals surface area contributed by atoms with Gasteiger partial charge in [-0.3, -0.25) is 0 Å². The molecule has 0 aliphatic carbocycles. The molecule has 0 aliphatic heterocycles. The molecule has 1 heterocycles. The van der Waals surface area contributed by atoms with Gasteiger partial charge in [-0.05, 0) is 56.9 Å². The molecule has 3 rings (SSSR count). The predicted molar refractivity (Wildman–Crippen MR) is 109 cm³/mol. The molecule has 0 atom stereocenters.